The van der Waals surface area contributed by atoms with Crippen molar-refractivity contribution in [1.82, 2.24) is 9.97 Å². The van der Waals surface area contributed by atoms with Gasteiger partial charge in [-0.1, -0.05) is 153 Å². The van der Waals surface area contributed by atoms with Crippen molar-refractivity contribution in [2.75, 3.05) is 0 Å². The average molecular weight is 589 g/mol. The van der Waals surface area contributed by atoms with E-state index < -0.39 is 0 Å². The van der Waals surface area contributed by atoms with E-state index in [1.807, 2.05) is 12.1 Å². The van der Waals surface area contributed by atoms with Gasteiger partial charge in [-0.3, -0.25) is 0 Å². The van der Waals surface area contributed by atoms with Crippen LogP contribution in [0.15, 0.2) is 152 Å². The third-order valence-electron chi connectivity index (χ3n) is 9.99. The van der Waals surface area contributed by atoms with Gasteiger partial charge in [0.15, 0.2) is 5.82 Å². The highest BCUT2D eigenvalue weighted by atomic mass is 14.9. The first kappa shape index (κ1) is 26.8. The number of rotatable bonds is 4. The molecule has 0 bridgehead atoms. The van der Waals surface area contributed by atoms with Gasteiger partial charge in [0, 0.05) is 28.0 Å². The molecule has 218 valence electrons. The van der Waals surface area contributed by atoms with Crippen molar-refractivity contribution < 1.29 is 0 Å². The van der Waals surface area contributed by atoms with E-state index in [0.717, 1.165) is 33.9 Å². The summed E-state index contributed by atoms with van der Waals surface area (Å²) >= 11 is 0. The minimum atomic E-state index is -0.0400. The molecule has 0 N–H and O–H groups in total. The van der Waals surface area contributed by atoms with Crippen molar-refractivity contribution in [3.8, 4) is 56.2 Å². The Labute approximate surface area is 270 Å². The zero-order chi connectivity index (χ0) is 30.8. The van der Waals surface area contributed by atoms with Crippen LogP contribution in [0, 0.1) is 0 Å². The Morgan fingerprint density at radius 1 is 0.435 bits per heavy atom. The highest BCUT2D eigenvalue weighted by Gasteiger charge is 2.39. The van der Waals surface area contributed by atoms with Crippen molar-refractivity contribution in [1.29, 1.82) is 0 Å². The highest BCUT2D eigenvalue weighted by Crippen LogP contribution is 2.55. The second-order valence-corrected chi connectivity index (χ2v) is 13.0. The fourth-order valence-corrected chi connectivity index (χ4v) is 7.67. The molecule has 0 saturated carbocycles. The molecule has 9 rings (SSSR count). The van der Waals surface area contributed by atoms with Crippen LogP contribution in [0.2, 0.25) is 0 Å². The topological polar surface area (TPSA) is 25.8 Å². The zero-order valence-corrected chi connectivity index (χ0v) is 25.9. The van der Waals surface area contributed by atoms with Gasteiger partial charge in [-0.2, -0.15) is 0 Å². The summed E-state index contributed by atoms with van der Waals surface area (Å²) in [7, 11) is 0. The summed E-state index contributed by atoms with van der Waals surface area (Å²) in [5.74, 6) is 0.901. The molecule has 2 aliphatic carbocycles. The summed E-state index contributed by atoms with van der Waals surface area (Å²) in [4.78, 5) is 10.1. The summed E-state index contributed by atoms with van der Waals surface area (Å²) in [6, 6.07) is 54.6. The van der Waals surface area contributed by atoms with Gasteiger partial charge in [-0.15, -0.1) is 0 Å². The van der Waals surface area contributed by atoms with Gasteiger partial charge >= 0.3 is 0 Å². The van der Waals surface area contributed by atoms with Gasteiger partial charge in [0.2, 0.25) is 0 Å². The molecule has 0 saturated heterocycles. The van der Waals surface area contributed by atoms with Crippen molar-refractivity contribution in [2.45, 2.75) is 25.2 Å². The normalized spacial score (nSPS) is 15.1. The molecule has 1 unspecified atom stereocenters. The summed E-state index contributed by atoms with van der Waals surface area (Å²) in [5.41, 5.74) is 17.3. The first-order chi connectivity index (χ1) is 22.6. The maximum Gasteiger partial charge on any atom is 0.160 e. The molecule has 1 aromatic heterocycles. The molecule has 0 fully saturated rings. The van der Waals surface area contributed by atoms with Gasteiger partial charge < -0.3 is 0 Å². The number of hydrogen-bond acceptors (Lipinski definition) is 2. The minimum Gasteiger partial charge on any atom is -0.228 e. The Bertz CT molecular complexity index is 2210. The van der Waals surface area contributed by atoms with E-state index in [2.05, 4.69) is 153 Å². The molecule has 0 spiro atoms. The van der Waals surface area contributed by atoms with Crippen molar-refractivity contribution in [3.05, 3.63) is 179 Å². The summed E-state index contributed by atoms with van der Waals surface area (Å²) in [6.07, 6.45) is 0. The Kier molecular flexibility index (Phi) is 5.95. The van der Waals surface area contributed by atoms with E-state index >= 15 is 0 Å². The van der Waals surface area contributed by atoms with E-state index in [1.165, 1.54) is 50.1 Å². The summed E-state index contributed by atoms with van der Waals surface area (Å²) < 4.78 is 0. The number of aromatic nitrogens is 2. The van der Waals surface area contributed by atoms with Crippen LogP contribution in [0.25, 0.3) is 56.2 Å². The lowest BCUT2D eigenvalue weighted by atomic mass is 9.80. The lowest BCUT2D eigenvalue weighted by molar-refractivity contribution is 0.659. The minimum absolute atomic E-state index is 0.0400. The Morgan fingerprint density at radius 2 is 1.02 bits per heavy atom. The quantitative estimate of drug-likeness (QED) is 0.204. The molecular formula is C44H32N2. The molecule has 0 aliphatic heterocycles. The smallest absolute Gasteiger partial charge is 0.160 e. The number of nitrogens with zero attached hydrogens (tertiary/aromatic N) is 2. The SMILES string of the molecule is CC1(C)c2ccccc2-c2cc3c(cc21)C(c1ccc(-c2nc(-c4ccccc4)cc(-c4ccccc4)n2)cc1)c1ccccc1-3. The number of benzene rings is 6. The molecule has 2 nitrogen and oxygen atoms in total. The van der Waals surface area contributed by atoms with Gasteiger partial charge in [-0.05, 0) is 62.2 Å². The highest BCUT2D eigenvalue weighted by molar-refractivity contribution is 5.90. The van der Waals surface area contributed by atoms with Gasteiger partial charge in [0.1, 0.15) is 0 Å². The molecule has 2 aliphatic rings. The lowest BCUT2D eigenvalue weighted by Crippen LogP contribution is -2.15. The van der Waals surface area contributed by atoms with E-state index in [-0.39, 0.29) is 11.3 Å². The van der Waals surface area contributed by atoms with Crippen LogP contribution in [0.3, 0.4) is 0 Å². The lowest BCUT2D eigenvalue weighted by Gasteiger charge is -2.23. The predicted molar refractivity (Wildman–Crippen MR) is 189 cm³/mol. The largest absolute Gasteiger partial charge is 0.228 e. The van der Waals surface area contributed by atoms with Gasteiger partial charge in [-0.25, -0.2) is 9.97 Å². The monoisotopic (exact) mass is 588 g/mol. The number of hydrogen-bond donors (Lipinski definition) is 0. The van der Waals surface area contributed by atoms with Gasteiger partial charge in [0.05, 0.1) is 11.4 Å². The first-order valence-corrected chi connectivity index (χ1v) is 16.0. The van der Waals surface area contributed by atoms with Crippen molar-refractivity contribution in [3.63, 3.8) is 0 Å². The van der Waals surface area contributed by atoms with Crippen LogP contribution in [-0.2, 0) is 5.41 Å². The average Bonchev–Trinajstić information content (AvgIpc) is 3.56. The summed E-state index contributed by atoms with van der Waals surface area (Å²) in [6.45, 7) is 4.73. The molecule has 0 amide bonds. The van der Waals surface area contributed by atoms with E-state index in [9.17, 15) is 0 Å². The fourth-order valence-electron chi connectivity index (χ4n) is 7.67. The fraction of sp³-hybridized carbons (Fsp3) is 0.0909. The third kappa shape index (κ3) is 4.10. The van der Waals surface area contributed by atoms with Crippen LogP contribution in [0.4, 0.5) is 0 Å². The Hall–Kier alpha value is -5.60. The van der Waals surface area contributed by atoms with E-state index in [0.29, 0.717) is 0 Å². The number of fused-ring (bicyclic) bond motifs is 6. The first-order valence-electron chi connectivity index (χ1n) is 16.0. The van der Waals surface area contributed by atoms with Crippen LogP contribution >= 0.6 is 0 Å². The van der Waals surface area contributed by atoms with Crippen LogP contribution in [0.5, 0.6) is 0 Å². The van der Waals surface area contributed by atoms with E-state index in [4.69, 9.17) is 9.97 Å². The van der Waals surface area contributed by atoms with E-state index in [1.54, 1.807) is 0 Å². The second kappa shape index (κ2) is 10.2. The predicted octanol–water partition coefficient (Wildman–Crippen LogP) is 10.9. The van der Waals surface area contributed by atoms with Crippen LogP contribution < -0.4 is 0 Å². The maximum atomic E-state index is 5.06. The molecular weight excluding hydrogens is 556 g/mol. The molecule has 7 aromatic rings. The third-order valence-corrected chi connectivity index (χ3v) is 9.99. The second-order valence-electron chi connectivity index (χ2n) is 13.0. The van der Waals surface area contributed by atoms with Gasteiger partial charge in [0.25, 0.3) is 0 Å². The zero-order valence-electron chi connectivity index (χ0n) is 25.9. The van der Waals surface area contributed by atoms with Crippen molar-refractivity contribution in [2.24, 2.45) is 0 Å². The molecule has 2 heteroatoms. The standard InChI is InChI=1S/C44H32N2/c1-44(2)38-20-12-11-18-33(38)36-25-35-32-17-9-10-19-34(32)42(37(35)26-39(36)44)30-21-23-31(24-22-30)43-45-40(28-13-5-3-6-14-28)27-41(46-43)29-15-7-4-8-16-29/h3-27,42H,1-2H3. The Balaban J connectivity index is 1.16. The maximum absolute atomic E-state index is 5.06. The molecule has 1 heterocycles. The molecule has 6 aromatic carbocycles. The van der Waals surface area contributed by atoms with Crippen LogP contribution in [0.1, 0.15) is 47.6 Å². The van der Waals surface area contributed by atoms with Crippen molar-refractivity contribution >= 4 is 0 Å². The molecule has 0 radical (unpaired) electrons. The molecule has 1 atom stereocenters. The summed E-state index contributed by atoms with van der Waals surface area (Å²) in [5, 5.41) is 0. The molecule has 46 heavy (non-hydrogen) atoms. The Morgan fingerprint density at radius 3 is 1.70 bits per heavy atom. The van der Waals surface area contributed by atoms with Crippen LogP contribution in [-0.4, -0.2) is 9.97 Å².